The van der Waals surface area contributed by atoms with Crippen LogP contribution in [0.1, 0.15) is 30.7 Å². The zero-order chi connectivity index (χ0) is 18.6. The van der Waals surface area contributed by atoms with Gasteiger partial charge in [-0.1, -0.05) is 26.0 Å². The summed E-state index contributed by atoms with van der Waals surface area (Å²) in [5.41, 5.74) is 6.21. The Morgan fingerprint density at radius 2 is 2.12 bits per heavy atom. The molecule has 2 aromatic rings. The molecule has 1 aromatic carbocycles. The maximum Gasteiger partial charge on any atom is 0.0887 e. The molecule has 0 radical (unpaired) electrons. The Morgan fingerprint density at radius 1 is 1.27 bits per heavy atom. The lowest BCUT2D eigenvalue weighted by atomic mass is 9.93. The Kier molecular flexibility index (Phi) is 5.79. The van der Waals surface area contributed by atoms with Crippen LogP contribution in [-0.4, -0.2) is 32.2 Å². The molecule has 0 amide bonds. The average Bonchev–Trinajstić information content (AvgIpc) is 2.72. The molecule has 0 unspecified atom stereocenters. The van der Waals surface area contributed by atoms with Crippen molar-refractivity contribution in [2.24, 2.45) is 5.41 Å². The number of hydrogen-bond acceptors (Lipinski definition) is 5. The molecule has 0 saturated heterocycles. The Balaban J connectivity index is 1.65. The molecular formula is C21H30N4O. The Labute approximate surface area is 156 Å². The van der Waals surface area contributed by atoms with E-state index < -0.39 is 0 Å². The lowest BCUT2D eigenvalue weighted by Crippen LogP contribution is -2.33. The molecule has 140 valence electrons. The minimum Gasteiger partial charge on any atom is -0.383 e. The van der Waals surface area contributed by atoms with Gasteiger partial charge in [0, 0.05) is 46.5 Å². The first-order valence-corrected chi connectivity index (χ1v) is 9.19. The van der Waals surface area contributed by atoms with Crippen LogP contribution in [-0.2, 0) is 24.4 Å². The second-order valence-corrected chi connectivity index (χ2v) is 7.87. The minimum absolute atomic E-state index is 0.254. The third-order valence-corrected chi connectivity index (χ3v) is 4.81. The zero-order valence-corrected chi connectivity index (χ0v) is 16.3. The second-order valence-electron chi connectivity index (χ2n) is 7.87. The number of hydrogen-bond donors (Lipinski definition) is 2. The molecule has 3 rings (SSSR count). The van der Waals surface area contributed by atoms with Gasteiger partial charge in [-0.15, -0.1) is 0 Å². The van der Waals surface area contributed by atoms with Crippen LogP contribution in [0.2, 0.25) is 0 Å². The highest BCUT2D eigenvalue weighted by Gasteiger charge is 2.25. The van der Waals surface area contributed by atoms with E-state index in [4.69, 9.17) is 4.74 Å². The quantitative estimate of drug-likeness (QED) is 0.833. The summed E-state index contributed by atoms with van der Waals surface area (Å²) in [7, 11) is 3.88. The van der Waals surface area contributed by atoms with Gasteiger partial charge in [0.15, 0.2) is 0 Å². The van der Waals surface area contributed by atoms with Gasteiger partial charge in [-0.3, -0.25) is 4.98 Å². The summed E-state index contributed by atoms with van der Waals surface area (Å²) >= 11 is 0. The third kappa shape index (κ3) is 4.54. The van der Waals surface area contributed by atoms with Crippen LogP contribution in [0.5, 0.6) is 0 Å². The highest BCUT2D eigenvalue weighted by atomic mass is 16.5. The van der Waals surface area contributed by atoms with Crippen LogP contribution in [0.3, 0.4) is 0 Å². The fourth-order valence-electron chi connectivity index (χ4n) is 3.51. The number of anilines is 2. The Hall–Kier alpha value is -2.11. The molecule has 0 fully saturated rings. The predicted molar refractivity (Wildman–Crippen MR) is 107 cm³/mol. The van der Waals surface area contributed by atoms with Gasteiger partial charge in [-0.05, 0) is 34.7 Å². The van der Waals surface area contributed by atoms with Gasteiger partial charge in [-0.25, -0.2) is 0 Å². The summed E-state index contributed by atoms with van der Waals surface area (Å²) in [6, 6.07) is 10.8. The fourth-order valence-corrected chi connectivity index (χ4v) is 3.51. The van der Waals surface area contributed by atoms with Gasteiger partial charge in [-0.2, -0.15) is 0 Å². The van der Waals surface area contributed by atoms with Gasteiger partial charge < -0.3 is 20.3 Å². The van der Waals surface area contributed by atoms with Gasteiger partial charge in [0.1, 0.15) is 0 Å². The molecule has 26 heavy (non-hydrogen) atoms. The predicted octanol–water partition coefficient (Wildman–Crippen LogP) is 3.41. The number of benzene rings is 1. The molecule has 0 aliphatic carbocycles. The standard InChI is InChI=1S/C21H30N4O/c1-21(2)14-24-18-8-7-16(10-20(18)25(3)15-21)11-22-12-17-6-5-9-23-19(17)13-26-4/h5-10,22,24H,11-15H2,1-4H3. The molecule has 5 nitrogen and oxygen atoms in total. The highest BCUT2D eigenvalue weighted by molar-refractivity contribution is 5.71. The number of methoxy groups -OCH3 is 1. The molecule has 0 spiro atoms. The molecular weight excluding hydrogens is 324 g/mol. The number of nitrogens with zero attached hydrogens (tertiary/aromatic N) is 2. The Morgan fingerprint density at radius 3 is 2.92 bits per heavy atom. The molecule has 0 atom stereocenters. The van der Waals surface area contributed by atoms with E-state index in [2.05, 4.69) is 65.7 Å². The van der Waals surface area contributed by atoms with Crippen molar-refractivity contribution in [2.75, 3.05) is 37.5 Å². The van der Waals surface area contributed by atoms with E-state index in [1.165, 1.54) is 22.5 Å². The normalized spacial score (nSPS) is 15.9. The van der Waals surface area contributed by atoms with Gasteiger partial charge in [0.05, 0.1) is 23.7 Å². The van der Waals surface area contributed by atoms with Crippen molar-refractivity contribution in [3.8, 4) is 0 Å². The van der Waals surface area contributed by atoms with Crippen molar-refractivity contribution in [1.29, 1.82) is 0 Å². The van der Waals surface area contributed by atoms with Crippen LogP contribution in [0, 0.1) is 5.41 Å². The van der Waals surface area contributed by atoms with E-state index in [0.29, 0.717) is 6.61 Å². The molecule has 0 saturated carbocycles. The number of rotatable bonds is 6. The summed E-state index contributed by atoms with van der Waals surface area (Å²) in [4.78, 5) is 6.76. The topological polar surface area (TPSA) is 49.4 Å². The molecule has 2 N–H and O–H groups in total. The van der Waals surface area contributed by atoms with Crippen LogP contribution in [0.15, 0.2) is 36.5 Å². The van der Waals surface area contributed by atoms with E-state index in [9.17, 15) is 0 Å². The first-order valence-electron chi connectivity index (χ1n) is 9.19. The van der Waals surface area contributed by atoms with Crippen molar-refractivity contribution < 1.29 is 4.74 Å². The maximum absolute atomic E-state index is 5.23. The molecule has 5 heteroatoms. The van der Waals surface area contributed by atoms with Crippen molar-refractivity contribution in [3.63, 3.8) is 0 Å². The van der Waals surface area contributed by atoms with Crippen LogP contribution >= 0.6 is 0 Å². The minimum atomic E-state index is 0.254. The van der Waals surface area contributed by atoms with Gasteiger partial charge in [0.25, 0.3) is 0 Å². The van der Waals surface area contributed by atoms with E-state index in [-0.39, 0.29) is 5.41 Å². The smallest absolute Gasteiger partial charge is 0.0887 e. The Bertz CT molecular complexity index is 745. The summed E-state index contributed by atoms with van der Waals surface area (Å²) in [5.74, 6) is 0. The van der Waals surface area contributed by atoms with E-state index in [1.54, 1.807) is 7.11 Å². The van der Waals surface area contributed by atoms with Gasteiger partial charge >= 0.3 is 0 Å². The van der Waals surface area contributed by atoms with Crippen LogP contribution < -0.4 is 15.5 Å². The highest BCUT2D eigenvalue weighted by Crippen LogP contribution is 2.33. The maximum atomic E-state index is 5.23. The number of nitrogens with one attached hydrogen (secondary N) is 2. The first kappa shape index (κ1) is 18.7. The van der Waals surface area contributed by atoms with E-state index in [0.717, 1.165) is 31.9 Å². The largest absolute Gasteiger partial charge is 0.383 e. The monoisotopic (exact) mass is 354 g/mol. The number of fused-ring (bicyclic) bond motifs is 1. The van der Waals surface area contributed by atoms with E-state index in [1.807, 2.05) is 12.3 Å². The van der Waals surface area contributed by atoms with Crippen molar-refractivity contribution in [1.82, 2.24) is 10.3 Å². The van der Waals surface area contributed by atoms with E-state index >= 15 is 0 Å². The number of aromatic nitrogens is 1. The summed E-state index contributed by atoms with van der Waals surface area (Å²) in [5, 5.41) is 7.13. The average molecular weight is 354 g/mol. The van der Waals surface area contributed by atoms with Crippen molar-refractivity contribution in [2.45, 2.75) is 33.5 Å². The SMILES string of the molecule is COCc1ncccc1CNCc1ccc2c(c1)N(C)CC(C)(C)CN2. The lowest BCUT2D eigenvalue weighted by Gasteiger charge is -2.27. The summed E-state index contributed by atoms with van der Waals surface area (Å²) in [6.45, 7) is 8.79. The fraction of sp³-hybridized carbons (Fsp3) is 0.476. The second kappa shape index (κ2) is 8.06. The molecule has 1 aliphatic rings. The number of ether oxygens (including phenoxy) is 1. The number of pyridine rings is 1. The summed E-state index contributed by atoms with van der Waals surface area (Å²) < 4.78 is 5.23. The van der Waals surface area contributed by atoms with Crippen LogP contribution in [0.25, 0.3) is 0 Å². The van der Waals surface area contributed by atoms with Crippen LogP contribution in [0.4, 0.5) is 11.4 Å². The molecule has 2 heterocycles. The first-order chi connectivity index (χ1) is 12.5. The lowest BCUT2D eigenvalue weighted by molar-refractivity contribution is 0.180. The van der Waals surface area contributed by atoms with Crippen molar-refractivity contribution >= 4 is 11.4 Å². The van der Waals surface area contributed by atoms with Gasteiger partial charge in [0.2, 0.25) is 0 Å². The molecule has 1 aromatic heterocycles. The third-order valence-electron chi connectivity index (χ3n) is 4.81. The van der Waals surface area contributed by atoms with Crippen molar-refractivity contribution in [3.05, 3.63) is 53.3 Å². The summed E-state index contributed by atoms with van der Waals surface area (Å²) in [6.07, 6.45) is 1.81. The molecule has 0 bridgehead atoms. The zero-order valence-electron chi connectivity index (χ0n) is 16.3. The molecule has 1 aliphatic heterocycles.